The van der Waals surface area contributed by atoms with E-state index in [4.69, 9.17) is 0 Å². The lowest BCUT2D eigenvalue weighted by atomic mass is 10.2. The maximum atomic E-state index is 4.46. The minimum absolute atomic E-state index is 0.850. The van der Waals surface area contributed by atoms with E-state index in [2.05, 4.69) is 40.0 Å². The molecule has 1 aromatic rings. The van der Waals surface area contributed by atoms with Gasteiger partial charge in [0.15, 0.2) is 0 Å². The summed E-state index contributed by atoms with van der Waals surface area (Å²) in [6, 6.07) is 0. The van der Waals surface area contributed by atoms with Crippen molar-refractivity contribution in [2.45, 2.75) is 33.1 Å². The third kappa shape index (κ3) is 2.37. The summed E-state index contributed by atoms with van der Waals surface area (Å²) in [7, 11) is 0. The van der Waals surface area contributed by atoms with Crippen molar-refractivity contribution in [2.75, 3.05) is 18.0 Å². The van der Waals surface area contributed by atoms with Gasteiger partial charge in [0.2, 0.25) is 5.95 Å². The van der Waals surface area contributed by atoms with Crippen molar-refractivity contribution >= 4 is 12.0 Å². The molecule has 15 heavy (non-hydrogen) atoms. The molecule has 1 fully saturated rings. The zero-order valence-corrected chi connectivity index (χ0v) is 9.45. The SMILES string of the molecule is CCC(C)=Cc1nc(N2CCCC2)n[nH]1. The number of nitrogens with one attached hydrogen (secondary N) is 1. The van der Waals surface area contributed by atoms with Gasteiger partial charge in [-0.2, -0.15) is 4.98 Å². The number of anilines is 1. The summed E-state index contributed by atoms with van der Waals surface area (Å²) in [5.41, 5.74) is 1.32. The lowest BCUT2D eigenvalue weighted by molar-refractivity contribution is 0.903. The summed E-state index contributed by atoms with van der Waals surface area (Å²) in [6.45, 7) is 6.43. The molecular formula is C11H18N4. The van der Waals surface area contributed by atoms with Gasteiger partial charge in [-0.15, -0.1) is 5.10 Å². The lowest BCUT2D eigenvalue weighted by Crippen LogP contribution is -2.18. The molecule has 1 N–H and O–H groups in total. The second-order valence-electron chi connectivity index (χ2n) is 4.06. The average molecular weight is 206 g/mol. The Hall–Kier alpha value is -1.32. The van der Waals surface area contributed by atoms with Crippen LogP contribution in [0, 0.1) is 0 Å². The van der Waals surface area contributed by atoms with Gasteiger partial charge < -0.3 is 4.90 Å². The van der Waals surface area contributed by atoms with Crippen molar-refractivity contribution in [3.63, 3.8) is 0 Å². The van der Waals surface area contributed by atoms with E-state index in [1.165, 1.54) is 18.4 Å². The van der Waals surface area contributed by atoms with Crippen molar-refractivity contribution in [2.24, 2.45) is 0 Å². The molecule has 0 bridgehead atoms. The summed E-state index contributed by atoms with van der Waals surface area (Å²) in [4.78, 5) is 6.69. The molecule has 4 nitrogen and oxygen atoms in total. The van der Waals surface area contributed by atoms with Gasteiger partial charge in [0.25, 0.3) is 0 Å². The number of aromatic nitrogens is 3. The Bertz CT molecular complexity index is 347. The Morgan fingerprint density at radius 2 is 2.20 bits per heavy atom. The van der Waals surface area contributed by atoms with Crippen LogP contribution < -0.4 is 4.90 Å². The largest absolute Gasteiger partial charge is 0.340 e. The third-order valence-electron chi connectivity index (χ3n) is 2.82. The van der Waals surface area contributed by atoms with E-state index in [0.29, 0.717) is 0 Å². The monoisotopic (exact) mass is 206 g/mol. The Morgan fingerprint density at radius 1 is 1.47 bits per heavy atom. The van der Waals surface area contributed by atoms with Gasteiger partial charge in [-0.3, -0.25) is 5.10 Å². The molecule has 0 unspecified atom stereocenters. The summed E-state index contributed by atoms with van der Waals surface area (Å²) < 4.78 is 0. The minimum Gasteiger partial charge on any atom is -0.340 e. The smallest absolute Gasteiger partial charge is 0.244 e. The number of H-pyrrole nitrogens is 1. The number of hydrogen-bond acceptors (Lipinski definition) is 3. The van der Waals surface area contributed by atoms with Crippen LogP contribution in [0.25, 0.3) is 6.08 Å². The number of rotatable bonds is 3. The van der Waals surface area contributed by atoms with Crippen molar-refractivity contribution in [1.82, 2.24) is 15.2 Å². The first-order chi connectivity index (χ1) is 7.29. The van der Waals surface area contributed by atoms with Crippen LogP contribution in [0.1, 0.15) is 38.9 Å². The van der Waals surface area contributed by atoms with Crippen molar-refractivity contribution < 1.29 is 0 Å². The predicted molar refractivity (Wildman–Crippen MR) is 61.8 cm³/mol. The molecule has 1 aliphatic heterocycles. The van der Waals surface area contributed by atoms with Crippen LogP contribution >= 0.6 is 0 Å². The first-order valence-electron chi connectivity index (χ1n) is 5.64. The van der Waals surface area contributed by atoms with E-state index >= 15 is 0 Å². The van der Waals surface area contributed by atoms with Gasteiger partial charge in [0.05, 0.1) is 0 Å². The first kappa shape index (κ1) is 10.2. The van der Waals surface area contributed by atoms with E-state index in [9.17, 15) is 0 Å². The molecule has 1 aromatic heterocycles. The number of nitrogens with zero attached hydrogens (tertiary/aromatic N) is 3. The summed E-state index contributed by atoms with van der Waals surface area (Å²) in [5, 5.41) is 7.20. The molecule has 0 saturated carbocycles. The molecule has 1 saturated heterocycles. The molecule has 0 amide bonds. The van der Waals surface area contributed by atoms with E-state index in [1.54, 1.807) is 0 Å². The van der Waals surface area contributed by atoms with Gasteiger partial charge in [-0.25, -0.2) is 0 Å². The van der Waals surface area contributed by atoms with Gasteiger partial charge in [-0.1, -0.05) is 12.5 Å². The molecule has 82 valence electrons. The Balaban J connectivity index is 2.09. The van der Waals surface area contributed by atoms with Crippen LogP contribution in [0.4, 0.5) is 5.95 Å². The van der Waals surface area contributed by atoms with Gasteiger partial charge in [0, 0.05) is 13.1 Å². The molecule has 2 rings (SSSR count). The van der Waals surface area contributed by atoms with E-state index in [0.717, 1.165) is 31.3 Å². The lowest BCUT2D eigenvalue weighted by Gasteiger charge is -2.10. The molecule has 1 aliphatic rings. The Labute approximate surface area is 90.4 Å². The fraction of sp³-hybridized carbons (Fsp3) is 0.636. The molecule has 0 aliphatic carbocycles. The number of aromatic amines is 1. The average Bonchev–Trinajstić information content (AvgIpc) is 2.85. The van der Waals surface area contributed by atoms with E-state index in [-0.39, 0.29) is 0 Å². The highest BCUT2D eigenvalue weighted by Crippen LogP contribution is 2.15. The normalized spacial score (nSPS) is 17.5. The number of hydrogen-bond donors (Lipinski definition) is 1. The molecule has 4 heteroatoms. The fourth-order valence-electron chi connectivity index (χ4n) is 1.72. The molecule has 0 spiro atoms. The standard InChI is InChI=1S/C11H18N4/c1-3-9(2)8-10-12-11(14-13-10)15-6-4-5-7-15/h8H,3-7H2,1-2H3,(H,12,13,14). The van der Waals surface area contributed by atoms with Crippen molar-refractivity contribution in [3.8, 4) is 0 Å². The first-order valence-corrected chi connectivity index (χ1v) is 5.64. The highest BCUT2D eigenvalue weighted by molar-refractivity contribution is 5.46. The van der Waals surface area contributed by atoms with Gasteiger partial charge in [-0.05, 0) is 32.3 Å². The molecule has 2 heterocycles. The summed E-state index contributed by atoms with van der Waals surface area (Å²) in [6.07, 6.45) is 5.63. The molecule has 0 atom stereocenters. The molecule has 0 radical (unpaired) electrons. The topological polar surface area (TPSA) is 44.8 Å². The second-order valence-corrected chi connectivity index (χ2v) is 4.06. The van der Waals surface area contributed by atoms with Gasteiger partial charge >= 0.3 is 0 Å². The Morgan fingerprint density at radius 3 is 2.87 bits per heavy atom. The van der Waals surface area contributed by atoms with Crippen molar-refractivity contribution in [1.29, 1.82) is 0 Å². The van der Waals surface area contributed by atoms with Gasteiger partial charge in [0.1, 0.15) is 5.82 Å². The van der Waals surface area contributed by atoms with Crippen LogP contribution in [0.5, 0.6) is 0 Å². The van der Waals surface area contributed by atoms with Crippen LogP contribution in [0.3, 0.4) is 0 Å². The fourth-order valence-corrected chi connectivity index (χ4v) is 1.72. The quantitative estimate of drug-likeness (QED) is 0.824. The molecular weight excluding hydrogens is 188 g/mol. The zero-order chi connectivity index (χ0) is 10.7. The number of allylic oxidation sites excluding steroid dienone is 1. The minimum atomic E-state index is 0.850. The second kappa shape index (κ2) is 4.47. The molecule has 0 aromatic carbocycles. The summed E-state index contributed by atoms with van der Waals surface area (Å²) >= 11 is 0. The Kier molecular flexibility index (Phi) is 3.04. The maximum Gasteiger partial charge on any atom is 0.244 e. The van der Waals surface area contributed by atoms with Crippen LogP contribution in [0.2, 0.25) is 0 Å². The van der Waals surface area contributed by atoms with Crippen molar-refractivity contribution in [3.05, 3.63) is 11.4 Å². The van der Waals surface area contributed by atoms with Crippen LogP contribution in [0.15, 0.2) is 5.57 Å². The predicted octanol–water partition coefficient (Wildman–Crippen LogP) is 2.22. The zero-order valence-electron chi connectivity index (χ0n) is 9.45. The highest BCUT2D eigenvalue weighted by atomic mass is 15.4. The van der Waals surface area contributed by atoms with Crippen LogP contribution in [-0.4, -0.2) is 28.3 Å². The van der Waals surface area contributed by atoms with Crippen LogP contribution in [-0.2, 0) is 0 Å². The van der Waals surface area contributed by atoms with E-state index < -0.39 is 0 Å². The summed E-state index contributed by atoms with van der Waals surface area (Å²) in [5.74, 6) is 1.72. The highest BCUT2D eigenvalue weighted by Gasteiger charge is 2.15. The van der Waals surface area contributed by atoms with E-state index in [1.807, 2.05) is 0 Å². The maximum absolute atomic E-state index is 4.46. The third-order valence-corrected chi connectivity index (χ3v) is 2.82.